The van der Waals surface area contributed by atoms with Gasteiger partial charge in [-0.05, 0) is 12.1 Å². The van der Waals surface area contributed by atoms with Crippen LogP contribution in [0.15, 0.2) is 33.8 Å². The number of benzene rings is 1. The highest BCUT2D eigenvalue weighted by Crippen LogP contribution is 2.24. The lowest BCUT2D eigenvalue weighted by Gasteiger charge is -2.06. The first-order chi connectivity index (χ1) is 12.0. The number of aromatic nitrogens is 3. The molecule has 25 heavy (non-hydrogen) atoms. The maximum Gasteiger partial charge on any atom is 0.309 e. The number of carboxylic acids is 1. The summed E-state index contributed by atoms with van der Waals surface area (Å²) in [6.45, 7) is 0.109. The van der Waals surface area contributed by atoms with Gasteiger partial charge in [-0.25, -0.2) is 14.1 Å². The first kappa shape index (κ1) is 15.9. The summed E-state index contributed by atoms with van der Waals surface area (Å²) in [6, 6.07) is 4.33. The van der Waals surface area contributed by atoms with Crippen LogP contribution in [0, 0.1) is 5.82 Å². The number of aliphatic carboxylic acids is 1. The van der Waals surface area contributed by atoms with Crippen LogP contribution in [-0.4, -0.2) is 25.8 Å². The monoisotopic (exact) mass is 375 g/mol. The van der Waals surface area contributed by atoms with Gasteiger partial charge in [-0.2, -0.15) is 16.4 Å². The number of thiophene rings is 1. The molecule has 1 N–H and O–H groups in total. The predicted molar refractivity (Wildman–Crippen MR) is 93.9 cm³/mol. The Bertz CT molecular complexity index is 1180. The van der Waals surface area contributed by atoms with Gasteiger partial charge in [0.2, 0.25) is 0 Å². The average Bonchev–Trinajstić information content (AvgIpc) is 3.17. The summed E-state index contributed by atoms with van der Waals surface area (Å²) in [5, 5.41) is 18.3. The van der Waals surface area contributed by atoms with Crippen LogP contribution in [0.25, 0.3) is 21.0 Å². The van der Waals surface area contributed by atoms with Crippen LogP contribution in [0.1, 0.15) is 10.7 Å². The van der Waals surface area contributed by atoms with Crippen LogP contribution in [0.3, 0.4) is 0 Å². The number of thiazole rings is 1. The van der Waals surface area contributed by atoms with Gasteiger partial charge in [0.05, 0.1) is 34.3 Å². The second-order valence-corrected chi connectivity index (χ2v) is 7.26. The van der Waals surface area contributed by atoms with E-state index in [2.05, 4.69) is 10.1 Å². The summed E-state index contributed by atoms with van der Waals surface area (Å²) >= 11 is 2.67. The van der Waals surface area contributed by atoms with Crippen molar-refractivity contribution in [3.05, 3.63) is 55.8 Å². The van der Waals surface area contributed by atoms with E-state index in [1.807, 2.05) is 0 Å². The molecule has 4 aromatic rings. The van der Waals surface area contributed by atoms with E-state index in [1.54, 1.807) is 16.8 Å². The number of hydrogen-bond acceptors (Lipinski definition) is 6. The predicted octanol–water partition coefficient (Wildman–Crippen LogP) is 2.88. The zero-order valence-corrected chi connectivity index (χ0v) is 14.2. The quantitative estimate of drug-likeness (QED) is 0.593. The Labute approximate surface area is 147 Å². The third-order valence-electron chi connectivity index (χ3n) is 3.68. The Morgan fingerprint density at radius 2 is 2.08 bits per heavy atom. The molecule has 0 bridgehead atoms. The van der Waals surface area contributed by atoms with E-state index in [0.29, 0.717) is 27.0 Å². The first-order valence-electron chi connectivity index (χ1n) is 7.24. The zero-order valence-electron chi connectivity index (χ0n) is 12.6. The minimum absolute atomic E-state index is 0.109. The van der Waals surface area contributed by atoms with E-state index in [9.17, 15) is 14.0 Å². The van der Waals surface area contributed by atoms with Crippen LogP contribution in [0.5, 0.6) is 0 Å². The maximum atomic E-state index is 13.3. The topological polar surface area (TPSA) is 85.1 Å². The normalized spacial score (nSPS) is 11.4. The van der Waals surface area contributed by atoms with Crippen molar-refractivity contribution in [1.82, 2.24) is 14.8 Å². The van der Waals surface area contributed by atoms with Gasteiger partial charge in [0.1, 0.15) is 10.8 Å². The van der Waals surface area contributed by atoms with Gasteiger partial charge in [0.25, 0.3) is 5.56 Å². The molecule has 6 nitrogen and oxygen atoms in total. The van der Waals surface area contributed by atoms with Gasteiger partial charge in [0.15, 0.2) is 0 Å². The van der Waals surface area contributed by atoms with E-state index < -0.39 is 5.97 Å². The Hall–Kier alpha value is -2.65. The van der Waals surface area contributed by atoms with Crippen molar-refractivity contribution in [2.75, 3.05) is 0 Å². The second-order valence-electron chi connectivity index (χ2n) is 5.40. The van der Waals surface area contributed by atoms with E-state index >= 15 is 0 Å². The lowest BCUT2D eigenvalue weighted by Crippen LogP contribution is -2.25. The molecule has 1 aromatic carbocycles. The van der Waals surface area contributed by atoms with Crippen molar-refractivity contribution in [3.8, 4) is 0 Å². The van der Waals surface area contributed by atoms with Crippen LogP contribution >= 0.6 is 22.7 Å². The number of carboxylic acid groups (broad SMARTS) is 1. The number of nitrogens with zero attached hydrogens (tertiary/aromatic N) is 3. The molecule has 3 aromatic heterocycles. The lowest BCUT2D eigenvalue weighted by atomic mass is 10.2. The van der Waals surface area contributed by atoms with E-state index in [0.717, 1.165) is 4.70 Å². The fourth-order valence-corrected chi connectivity index (χ4v) is 4.36. The summed E-state index contributed by atoms with van der Waals surface area (Å²) in [4.78, 5) is 28.0. The summed E-state index contributed by atoms with van der Waals surface area (Å²) < 4.78 is 15.3. The van der Waals surface area contributed by atoms with E-state index in [-0.39, 0.29) is 24.3 Å². The fraction of sp³-hybridized carbons (Fsp3) is 0.125. The summed E-state index contributed by atoms with van der Waals surface area (Å²) in [5.41, 5.74) is 0.571. The molecule has 0 aliphatic carbocycles. The molecule has 0 fully saturated rings. The third kappa shape index (κ3) is 2.92. The molecule has 0 unspecified atom stereocenters. The first-order valence-corrected chi connectivity index (χ1v) is 9.00. The molecule has 0 atom stereocenters. The van der Waals surface area contributed by atoms with Gasteiger partial charge in [-0.3, -0.25) is 9.59 Å². The van der Waals surface area contributed by atoms with Crippen molar-refractivity contribution in [1.29, 1.82) is 0 Å². The lowest BCUT2D eigenvalue weighted by molar-refractivity contribution is -0.136. The van der Waals surface area contributed by atoms with Crippen molar-refractivity contribution < 1.29 is 14.3 Å². The van der Waals surface area contributed by atoms with Crippen molar-refractivity contribution in [2.24, 2.45) is 0 Å². The molecule has 9 heteroatoms. The van der Waals surface area contributed by atoms with E-state index in [4.69, 9.17) is 5.11 Å². The number of fused-ring (bicyclic) bond motifs is 2. The summed E-state index contributed by atoms with van der Waals surface area (Å²) in [6.07, 6.45) is -0.265. The van der Waals surface area contributed by atoms with Gasteiger partial charge in [-0.1, -0.05) is 0 Å². The fourth-order valence-electron chi connectivity index (χ4n) is 2.60. The molecular formula is C16H10FN3O3S2. The Morgan fingerprint density at radius 3 is 2.88 bits per heavy atom. The SMILES string of the molecule is O=C(O)Cc1nn(Cc2nc3cc(F)ccc3s2)c(=O)c2cscc12. The maximum absolute atomic E-state index is 13.3. The van der Waals surface area contributed by atoms with Gasteiger partial charge in [0, 0.05) is 22.2 Å². The van der Waals surface area contributed by atoms with Crippen LogP contribution in [0.4, 0.5) is 4.39 Å². The Morgan fingerprint density at radius 1 is 1.28 bits per heavy atom. The molecule has 0 radical (unpaired) electrons. The number of carbonyl (C=O) groups is 1. The Balaban J connectivity index is 1.80. The molecule has 0 spiro atoms. The average molecular weight is 375 g/mol. The zero-order chi connectivity index (χ0) is 17.6. The summed E-state index contributed by atoms with van der Waals surface area (Å²) in [7, 11) is 0. The standard InChI is InChI=1S/C16H10FN3O3S2/c17-8-1-2-13-12(3-8)18-14(25-13)5-20-16(23)10-7-24-6-9(10)11(19-20)4-15(21)22/h1-3,6-7H,4-5H2,(H,21,22). The molecule has 0 aliphatic rings. The number of hydrogen-bond donors (Lipinski definition) is 1. The van der Waals surface area contributed by atoms with Crippen molar-refractivity contribution >= 4 is 49.6 Å². The third-order valence-corrected chi connectivity index (χ3v) is 5.44. The molecule has 3 heterocycles. The number of halogens is 1. The van der Waals surface area contributed by atoms with E-state index in [1.165, 1.54) is 39.5 Å². The highest BCUT2D eigenvalue weighted by molar-refractivity contribution is 7.18. The molecule has 0 saturated carbocycles. The second kappa shape index (κ2) is 6.01. The minimum Gasteiger partial charge on any atom is -0.481 e. The van der Waals surface area contributed by atoms with Crippen molar-refractivity contribution in [2.45, 2.75) is 13.0 Å². The van der Waals surface area contributed by atoms with Crippen molar-refractivity contribution in [3.63, 3.8) is 0 Å². The molecular weight excluding hydrogens is 365 g/mol. The molecule has 0 aliphatic heterocycles. The molecule has 0 saturated heterocycles. The van der Waals surface area contributed by atoms with Crippen LogP contribution < -0.4 is 5.56 Å². The number of rotatable bonds is 4. The highest BCUT2D eigenvalue weighted by atomic mass is 32.1. The highest BCUT2D eigenvalue weighted by Gasteiger charge is 2.15. The minimum atomic E-state index is -1.01. The van der Waals surface area contributed by atoms with Gasteiger partial charge >= 0.3 is 5.97 Å². The van der Waals surface area contributed by atoms with Crippen LogP contribution in [0.2, 0.25) is 0 Å². The van der Waals surface area contributed by atoms with Gasteiger partial charge < -0.3 is 5.11 Å². The molecule has 4 rings (SSSR count). The molecule has 126 valence electrons. The molecule has 0 amide bonds. The smallest absolute Gasteiger partial charge is 0.309 e. The summed E-state index contributed by atoms with van der Waals surface area (Å²) in [5.74, 6) is -1.39. The van der Waals surface area contributed by atoms with Gasteiger partial charge in [-0.15, -0.1) is 11.3 Å². The largest absolute Gasteiger partial charge is 0.481 e. The van der Waals surface area contributed by atoms with Crippen LogP contribution in [-0.2, 0) is 17.8 Å². The Kier molecular flexibility index (Phi) is 3.81.